The summed E-state index contributed by atoms with van der Waals surface area (Å²) in [6.45, 7) is 1.24. The second-order valence-corrected chi connectivity index (χ2v) is 6.87. The number of carbonyl (C=O) groups excluding carboxylic acids is 2. The van der Waals surface area contributed by atoms with Gasteiger partial charge in [-0.3, -0.25) is 4.79 Å². The molecule has 2 rings (SSSR count). The number of carbonyl (C=O) groups is 3. The smallest absolute Gasteiger partial charge is 0.327 e. The van der Waals surface area contributed by atoms with Crippen LogP contribution in [0.2, 0.25) is 0 Å². The van der Waals surface area contributed by atoms with Crippen molar-refractivity contribution in [3.8, 4) is 0 Å². The zero-order chi connectivity index (χ0) is 15.6. The van der Waals surface area contributed by atoms with Gasteiger partial charge in [0.05, 0.1) is 12.1 Å². The first-order valence-corrected chi connectivity index (χ1v) is 8.16. The van der Waals surface area contributed by atoms with Crippen molar-refractivity contribution in [2.24, 2.45) is 0 Å². The van der Waals surface area contributed by atoms with Gasteiger partial charge in [0.25, 0.3) is 0 Å². The lowest BCUT2D eigenvalue weighted by atomic mass is 10.0. The number of fused-ring (bicyclic) bond motifs is 1. The number of halogens is 1. The zero-order valence-electron chi connectivity index (χ0n) is 11.5. The predicted molar refractivity (Wildman–Crippen MR) is 79.1 cm³/mol. The van der Waals surface area contributed by atoms with Crippen LogP contribution in [0, 0.1) is 0 Å². The average molecular weight is 336 g/mol. The molecule has 0 aromatic heterocycles. The summed E-state index contributed by atoms with van der Waals surface area (Å²) >= 11 is 7.48. The molecule has 0 saturated carbocycles. The van der Waals surface area contributed by atoms with Crippen molar-refractivity contribution >= 4 is 41.4 Å². The minimum absolute atomic E-state index is 0.102. The first kappa shape index (κ1) is 16.2. The van der Waals surface area contributed by atoms with Crippen LogP contribution in [0.15, 0.2) is 0 Å². The van der Waals surface area contributed by atoms with Crippen LogP contribution in [0.1, 0.15) is 26.2 Å². The number of amides is 3. The van der Waals surface area contributed by atoms with E-state index in [2.05, 4.69) is 10.6 Å². The standard InChI is InChI=1S/C12H18ClN3O4S/c1-6(17)16(13)8(11(18)19)3-2-4-9-10-7(5-21-9)14-12(20)15-10/h7-10H,2-5H2,1H3,(H,18,19)(H2,14,15,20)/t7-,8?,9-,10-/m0/s1. The topological polar surface area (TPSA) is 98.7 Å². The molecule has 2 saturated heterocycles. The van der Waals surface area contributed by atoms with E-state index < -0.39 is 17.9 Å². The molecule has 3 amide bonds. The monoisotopic (exact) mass is 335 g/mol. The Morgan fingerprint density at radius 2 is 2.24 bits per heavy atom. The number of nitrogens with one attached hydrogen (secondary N) is 2. The molecule has 2 fully saturated rings. The maximum Gasteiger partial charge on any atom is 0.327 e. The molecule has 2 heterocycles. The maximum atomic E-state index is 11.3. The molecule has 0 aromatic carbocycles. The molecule has 7 nitrogen and oxygen atoms in total. The van der Waals surface area contributed by atoms with Crippen molar-refractivity contribution in [3.05, 3.63) is 0 Å². The second kappa shape index (κ2) is 6.74. The molecule has 118 valence electrons. The zero-order valence-corrected chi connectivity index (χ0v) is 13.1. The molecule has 1 unspecified atom stereocenters. The van der Waals surface area contributed by atoms with Crippen molar-refractivity contribution in [1.29, 1.82) is 0 Å². The Morgan fingerprint density at radius 1 is 1.52 bits per heavy atom. The molecule has 0 spiro atoms. The Kier molecular flexibility index (Phi) is 5.21. The molecule has 4 atom stereocenters. The Morgan fingerprint density at radius 3 is 2.86 bits per heavy atom. The number of nitrogens with zero attached hydrogens (tertiary/aromatic N) is 1. The van der Waals surface area contributed by atoms with Crippen LogP contribution in [-0.2, 0) is 9.59 Å². The fourth-order valence-corrected chi connectivity index (χ4v) is 4.43. The van der Waals surface area contributed by atoms with Crippen LogP contribution in [-0.4, -0.2) is 56.6 Å². The van der Waals surface area contributed by atoms with E-state index in [0.29, 0.717) is 12.8 Å². The van der Waals surface area contributed by atoms with E-state index in [1.807, 2.05) is 0 Å². The van der Waals surface area contributed by atoms with Crippen molar-refractivity contribution < 1.29 is 19.5 Å². The normalized spacial score (nSPS) is 28.5. The summed E-state index contributed by atoms with van der Waals surface area (Å²) in [7, 11) is 0. The number of aliphatic carboxylic acids is 1. The van der Waals surface area contributed by atoms with Gasteiger partial charge in [0.15, 0.2) is 0 Å². The Bertz CT molecular complexity index is 450. The van der Waals surface area contributed by atoms with Crippen LogP contribution in [0.5, 0.6) is 0 Å². The minimum atomic E-state index is -1.10. The molecular formula is C12H18ClN3O4S. The molecule has 21 heavy (non-hydrogen) atoms. The Labute approximate surface area is 131 Å². The number of rotatable bonds is 6. The van der Waals surface area contributed by atoms with Gasteiger partial charge in [-0.25, -0.2) is 14.0 Å². The van der Waals surface area contributed by atoms with Crippen LogP contribution < -0.4 is 10.6 Å². The molecule has 0 radical (unpaired) electrons. The van der Waals surface area contributed by atoms with Gasteiger partial charge in [0.1, 0.15) is 6.04 Å². The van der Waals surface area contributed by atoms with Gasteiger partial charge in [0.2, 0.25) is 5.91 Å². The van der Waals surface area contributed by atoms with E-state index in [0.717, 1.165) is 16.6 Å². The lowest BCUT2D eigenvalue weighted by Crippen LogP contribution is -2.39. The number of thioether (sulfide) groups is 1. The Hall–Kier alpha value is -1.15. The molecule has 3 N–H and O–H groups in total. The lowest BCUT2D eigenvalue weighted by molar-refractivity contribution is -0.145. The third-order valence-electron chi connectivity index (χ3n) is 3.76. The fraction of sp³-hybridized carbons (Fsp3) is 0.750. The van der Waals surface area contributed by atoms with Gasteiger partial charge < -0.3 is 15.7 Å². The van der Waals surface area contributed by atoms with Crippen molar-refractivity contribution in [1.82, 2.24) is 15.1 Å². The maximum absolute atomic E-state index is 11.3. The summed E-state index contributed by atoms with van der Waals surface area (Å²) in [6.07, 6.45) is 1.71. The number of hydrogen-bond donors (Lipinski definition) is 3. The number of urea groups is 1. The first-order chi connectivity index (χ1) is 9.90. The van der Waals surface area contributed by atoms with E-state index in [1.54, 1.807) is 11.8 Å². The number of hydrogen-bond acceptors (Lipinski definition) is 4. The molecular weight excluding hydrogens is 318 g/mol. The predicted octanol–water partition coefficient (Wildman–Crippen LogP) is 0.778. The summed E-state index contributed by atoms with van der Waals surface area (Å²) in [4.78, 5) is 33.6. The van der Waals surface area contributed by atoms with Gasteiger partial charge in [-0.2, -0.15) is 11.8 Å². The van der Waals surface area contributed by atoms with E-state index in [4.69, 9.17) is 16.9 Å². The van der Waals surface area contributed by atoms with E-state index >= 15 is 0 Å². The summed E-state index contributed by atoms with van der Waals surface area (Å²) < 4.78 is 0.742. The van der Waals surface area contributed by atoms with Gasteiger partial charge >= 0.3 is 12.0 Å². The van der Waals surface area contributed by atoms with Gasteiger partial charge in [-0.1, -0.05) is 0 Å². The molecule has 0 bridgehead atoms. The van der Waals surface area contributed by atoms with E-state index in [-0.39, 0.29) is 23.4 Å². The summed E-state index contributed by atoms with van der Waals surface area (Å²) in [5.74, 6) is -0.717. The molecule has 0 aromatic rings. The van der Waals surface area contributed by atoms with Gasteiger partial charge in [-0.05, 0) is 19.3 Å². The van der Waals surface area contributed by atoms with Gasteiger partial charge in [0, 0.05) is 29.7 Å². The Balaban J connectivity index is 1.81. The number of carboxylic acids is 1. The summed E-state index contributed by atoms with van der Waals surface area (Å²) in [6, 6.07) is -0.889. The molecule has 2 aliphatic rings. The lowest BCUT2D eigenvalue weighted by Gasteiger charge is -2.22. The van der Waals surface area contributed by atoms with Crippen molar-refractivity contribution in [2.75, 3.05) is 5.75 Å². The van der Waals surface area contributed by atoms with E-state index in [1.165, 1.54) is 6.92 Å². The third kappa shape index (κ3) is 3.74. The highest BCUT2D eigenvalue weighted by Gasteiger charge is 2.42. The quantitative estimate of drug-likeness (QED) is 0.492. The SMILES string of the molecule is CC(=O)N(Cl)C(CCC[C@@H]1SC[C@@H]2NC(=O)N[C@@H]21)C(=O)O. The third-order valence-corrected chi connectivity index (χ3v) is 5.75. The number of carboxylic acid groups (broad SMARTS) is 1. The molecule has 2 aliphatic heterocycles. The second-order valence-electron chi connectivity index (χ2n) is 5.24. The fourth-order valence-electron chi connectivity index (χ4n) is 2.71. The highest BCUT2D eigenvalue weighted by molar-refractivity contribution is 8.00. The highest BCUT2D eigenvalue weighted by atomic mass is 35.5. The molecule has 0 aliphatic carbocycles. The van der Waals surface area contributed by atoms with E-state index in [9.17, 15) is 14.4 Å². The summed E-state index contributed by atoms with van der Waals surface area (Å²) in [5, 5.41) is 15.1. The average Bonchev–Trinajstić information content (AvgIpc) is 2.93. The first-order valence-electron chi connectivity index (χ1n) is 6.77. The van der Waals surface area contributed by atoms with Crippen LogP contribution >= 0.6 is 23.5 Å². The minimum Gasteiger partial charge on any atom is -0.480 e. The van der Waals surface area contributed by atoms with Crippen LogP contribution in [0.25, 0.3) is 0 Å². The molecule has 9 heteroatoms. The highest BCUT2D eigenvalue weighted by Crippen LogP contribution is 2.33. The van der Waals surface area contributed by atoms with Crippen LogP contribution in [0.4, 0.5) is 4.79 Å². The van der Waals surface area contributed by atoms with Crippen molar-refractivity contribution in [3.63, 3.8) is 0 Å². The largest absolute Gasteiger partial charge is 0.480 e. The van der Waals surface area contributed by atoms with Crippen LogP contribution in [0.3, 0.4) is 0 Å². The summed E-state index contributed by atoms with van der Waals surface area (Å²) in [5.41, 5.74) is 0. The van der Waals surface area contributed by atoms with Crippen molar-refractivity contribution in [2.45, 2.75) is 49.6 Å². The van der Waals surface area contributed by atoms with Gasteiger partial charge in [-0.15, -0.1) is 0 Å².